The zero-order valence-electron chi connectivity index (χ0n) is 12.1. The van der Waals surface area contributed by atoms with Gasteiger partial charge in [0.1, 0.15) is 0 Å². The molecule has 1 amide bonds. The molecule has 0 spiro atoms. The van der Waals surface area contributed by atoms with E-state index in [0.717, 1.165) is 15.5 Å². The van der Waals surface area contributed by atoms with Crippen molar-refractivity contribution in [3.8, 4) is 0 Å². The number of halogens is 1. The summed E-state index contributed by atoms with van der Waals surface area (Å²) in [4.78, 5) is 24.1. The minimum Gasteiger partial charge on any atom is -0.322 e. The lowest BCUT2D eigenvalue weighted by atomic mass is 10.2. The van der Waals surface area contributed by atoms with E-state index < -0.39 is 0 Å². The first-order valence-electron chi connectivity index (χ1n) is 6.70. The van der Waals surface area contributed by atoms with E-state index in [1.165, 1.54) is 0 Å². The topological polar surface area (TPSA) is 56.0 Å². The monoisotopic (exact) mass is 359 g/mol. The molecule has 1 heterocycles. The highest BCUT2D eigenvalue weighted by atomic mass is 79.9. The summed E-state index contributed by atoms with van der Waals surface area (Å²) in [6, 6.07) is 12.5. The average molecular weight is 360 g/mol. The van der Waals surface area contributed by atoms with Crippen LogP contribution in [0.1, 0.15) is 10.4 Å². The Morgan fingerprint density at radius 1 is 1.00 bits per heavy atom. The molecule has 6 heteroatoms. The van der Waals surface area contributed by atoms with Crippen molar-refractivity contribution in [2.75, 3.05) is 5.32 Å². The minimum atomic E-state index is -0.187. The zero-order valence-corrected chi connectivity index (χ0v) is 13.7. The molecule has 0 saturated heterocycles. The number of hydrogen-bond donors (Lipinski definition) is 1. The third-order valence-electron chi connectivity index (χ3n) is 3.64. The van der Waals surface area contributed by atoms with Gasteiger partial charge < -0.3 is 5.32 Å². The molecule has 0 radical (unpaired) electrons. The van der Waals surface area contributed by atoms with Crippen molar-refractivity contribution < 1.29 is 4.79 Å². The van der Waals surface area contributed by atoms with E-state index in [-0.39, 0.29) is 11.6 Å². The maximum atomic E-state index is 12.2. The maximum absolute atomic E-state index is 12.2. The fraction of sp³-hybridized carbons (Fsp3) is 0.125. The Bertz CT molecular complexity index is 923. The van der Waals surface area contributed by atoms with Crippen molar-refractivity contribution in [3.63, 3.8) is 0 Å². The summed E-state index contributed by atoms with van der Waals surface area (Å²) in [5.74, 6) is -0.187. The molecule has 0 aliphatic rings. The minimum absolute atomic E-state index is 0.0913. The summed E-state index contributed by atoms with van der Waals surface area (Å²) in [6.07, 6.45) is 0. The quantitative estimate of drug-likeness (QED) is 0.764. The molecule has 5 nitrogen and oxygen atoms in total. The number of aryl methyl sites for hydroxylation is 2. The fourth-order valence-electron chi connectivity index (χ4n) is 2.39. The summed E-state index contributed by atoms with van der Waals surface area (Å²) in [5, 5.41) is 2.85. The molecule has 3 rings (SSSR count). The van der Waals surface area contributed by atoms with Crippen LogP contribution in [-0.4, -0.2) is 15.0 Å². The van der Waals surface area contributed by atoms with E-state index in [0.29, 0.717) is 11.3 Å². The number of amides is 1. The van der Waals surface area contributed by atoms with Crippen molar-refractivity contribution in [1.82, 2.24) is 9.13 Å². The van der Waals surface area contributed by atoms with Crippen LogP contribution in [0.15, 0.2) is 51.7 Å². The number of nitrogens with one attached hydrogen (secondary N) is 1. The number of imidazole rings is 1. The first-order chi connectivity index (χ1) is 10.5. The molecule has 0 bridgehead atoms. The van der Waals surface area contributed by atoms with Crippen molar-refractivity contribution in [3.05, 3.63) is 63.0 Å². The van der Waals surface area contributed by atoms with Crippen LogP contribution in [0.4, 0.5) is 5.69 Å². The Balaban J connectivity index is 1.94. The van der Waals surface area contributed by atoms with Gasteiger partial charge in [-0.3, -0.25) is 13.9 Å². The van der Waals surface area contributed by atoms with Gasteiger partial charge in [-0.25, -0.2) is 4.79 Å². The summed E-state index contributed by atoms with van der Waals surface area (Å²) in [7, 11) is 3.44. The van der Waals surface area contributed by atoms with Gasteiger partial charge in [-0.2, -0.15) is 0 Å². The van der Waals surface area contributed by atoms with E-state index in [2.05, 4.69) is 21.2 Å². The Hall–Kier alpha value is -2.34. The highest BCUT2D eigenvalue weighted by Crippen LogP contribution is 2.19. The van der Waals surface area contributed by atoms with Gasteiger partial charge in [0.15, 0.2) is 0 Å². The Kier molecular flexibility index (Phi) is 3.62. The van der Waals surface area contributed by atoms with Crippen LogP contribution >= 0.6 is 15.9 Å². The van der Waals surface area contributed by atoms with Crippen molar-refractivity contribution >= 4 is 38.6 Å². The first kappa shape index (κ1) is 14.6. The molecule has 3 aromatic rings. The summed E-state index contributed by atoms with van der Waals surface area (Å²) >= 11 is 3.34. The predicted octanol–water partition coefficient (Wildman–Crippen LogP) is 2.89. The largest absolute Gasteiger partial charge is 0.328 e. The van der Waals surface area contributed by atoms with Gasteiger partial charge in [0.25, 0.3) is 5.91 Å². The number of rotatable bonds is 2. The number of hydrogen-bond acceptors (Lipinski definition) is 2. The van der Waals surface area contributed by atoms with Crippen LogP contribution in [0.2, 0.25) is 0 Å². The molecule has 0 atom stereocenters. The predicted molar refractivity (Wildman–Crippen MR) is 90.3 cm³/mol. The van der Waals surface area contributed by atoms with Gasteiger partial charge in [-0.15, -0.1) is 0 Å². The molecule has 2 aromatic carbocycles. The number of fused-ring (bicyclic) bond motifs is 1. The highest BCUT2D eigenvalue weighted by molar-refractivity contribution is 9.10. The smallest absolute Gasteiger partial charge is 0.322 e. The highest BCUT2D eigenvalue weighted by Gasteiger charge is 2.10. The summed E-state index contributed by atoms with van der Waals surface area (Å²) in [5.41, 5.74) is 2.74. The Labute approximate surface area is 135 Å². The molecule has 1 aromatic heterocycles. The van der Waals surface area contributed by atoms with Gasteiger partial charge in [0.05, 0.1) is 11.0 Å². The molecule has 0 fully saturated rings. The van der Waals surface area contributed by atoms with E-state index in [1.807, 2.05) is 18.2 Å². The van der Waals surface area contributed by atoms with Crippen LogP contribution in [-0.2, 0) is 14.1 Å². The molecular weight excluding hydrogens is 346 g/mol. The van der Waals surface area contributed by atoms with Crippen LogP contribution in [0.25, 0.3) is 11.0 Å². The van der Waals surface area contributed by atoms with E-state index in [9.17, 15) is 9.59 Å². The molecule has 0 unspecified atom stereocenters. The standard InChI is InChI=1S/C16H14BrN3O2/c1-19-13-8-7-12(9-14(13)20(2)16(19)22)18-15(21)10-3-5-11(17)6-4-10/h3-9H,1-2H3,(H,18,21). The number of benzene rings is 2. The summed E-state index contributed by atoms with van der Waals surface area (Å²) in [6.45, 7) is 0. The Morgan fingerprint density at radius 3 is 2.32 bits per heavy atom. The number of anilines is 1. The van der Waals surface area contributed by atoms with Gasteiger partial charge >= 0.3 is 5.69 Å². The second kappa shape index (κ2) is 5.46. The van der Waals surface area contributed by atoms with E-state index in [4.69, 9.17) is 0 Å². The third-order valence-corrected chi connectivity index (χ3v) is 4.16. The van der Waals surface area contributed by atoms with Crippen LogP contribution in [0, 0.1) is 0 Å². The lowest BCUT2D eigenvalue weighted by molar-refractivity contribution is 0.102. The summed E-state index contributed by atoms with van der Waals surface area (Å²) < 4.78 is 4.06. The number of aromatic nitrogens is 2. The fourth-order valence-corrected chi connectivity index (χ4v) is 2.65. The molecule has 0 saturated carbocycles. The number of nitrogens with zero attached hydrogens (tertiary/aromatic N) is 2. The second-order valence-corrected chi connectivity index (χ2v) is 5.98. The molecule has 0 aliphatic carbocycles. The van der Waals surface area contributed by atoms with Crippen molar-refractivity contribution in [2.45, 2.75) is 0 Å². The molecule has 22 heavy (non-hydrogen) atoms. The van der Waals surface area contributed by atoms with Crippen molar-refractivity contribution in [1.29, 1.82) is 0 Å². The first-order valence-corrected chi connectivity index (χ1v) is 7.49. The van der Waals surface area contributed by atoms with E-state index in [1.54, 1.807) is 47.5 Å². The van der Waals surface area contributed by atoms with Crippen molar-refractivity contribution in [2.24, 2.45) is 14.1 Å². The number of carbonyl (C=O) groups is 1. The number of carbonyl (C=O) groups excluding carboxylic acids is 1. The van der Waals surface area contributed by atoms with Gasteiger partial charge in [-0.1, -0.05) is 15.9 Å². The van der Waals surface area contributed by atoms with Crippen LogP contribution in [0.5, 0.6) is 0 Å². The second-order valence-electron chi connectivity index (χ2n) is 5.07. The van der Waals surface area contributed by atoms with Gasteiger partial charge in [0.2, 0.25) is 0 Å². The lowest BCUT2D eigenvalue weighted by Gasteiger charge is -2.06. The zero-order chi connectivity index (χ0) is 15.9. The Morgan fingerprint density at radius 2 is 1.64 bits per heavy atom. The van der Waals surface area contributed by atoms with Gasteiger partial charge in [-0.05, 0) is 42.5 Å². The SMILES string of the molecule is Cn1c(=O)n(C)c2cc(NC(=O)c3ccc(Br)cc3)ccc21. The average Bonchev–Trinajstić information content (AvgIpc) is 2.72. The van der Waals surface area contributed by atoms with Gasteiger partial charge in [0, 0.05) is 29.8 Å². The molecule has 0 aliphatic heterocycles. The third kappa shape index (κ3) is 2.46. The normalized spacial score (nSPS) is 10.9. The molecule has 1 N–H and O–H groups in total. The van der Waals surface area contributed by atoms with Crippen LogP contribution < -0.4 is 11.0 Å². The molecular formula is C16H14BrN3O2. The van der Waals surface area contributed by atoms with E-state index >= 15 is 0 Å². The van der Waals surface area contributed by atoms with Crippen LogP contribution in [0.3, 0.4) is 0 Å². The molecule has 112 valence electrons. The maximum Gasteiger partial charge on any atom is 0.328 e. The lowest BCUT2D eigenvalue weighted by Crippen LogP contribution is -2.19.